The first-order valence-corrected chi connectivity index (χ1v) is 4.63. The minimum atomic E-state index is -1.09. The van der Waals surface area contributed by atoms with Crippen molar-refractivity contribution in [2.24, 2.45) is 0 Å². The molecule has 3 nitrogen and oxygen atoms in total. The molecular weight excluding hydrogens is 209 g/mol. The van der Waals surface area contributed by atoms with E-state index in [-0.39, 0.29) is 0 Å². The number of benzene rings is 1. The molecular formula is C12H8FNO2. The zero-order valence-corrected chi connectivity index (χ0v) is 8.22. The number of carboxylic acid groups (broad SMARTS) is 1. The first kappa shape index (κ1) is 10.3. The van der Waals surface area contributed by atoms with E-state index >= 15 is 0 Å². The normalized spacial score (nSPS) is 11.1. The summed E-state index contributed by atoms with van der Waals surface area (Å²) in [5.41, 5.74) is 0.318. The number of nitrogens with zero attached hydrogens (tertiary/aromatic N) is 1. The molecule has 1 aromatic heterocycles. The molecule has 1 N–H and O–H groups in total. The molecule has 0 saturated carbocycles. The summed E-state index contributed by atoms with van der Waals surface area (Å²) in [6.45, 7) is 0. The van der Waals surface area contributed by atoms with Gasteiger partial charge in [-0.2, -0.15) is 0 Å². The number of hydrogen-bond acceptors (Lipinski definition) is 2. The molecule has 1 aromatic carbocycles. The summed E-state index contributed by atoms with van der Waals surface area (Å²) in [7, 11) is 0. The molecule has 2 aromatic rings. The van der Waals surface area contributed by atoms with Crippen LogP contribution in [0.3, 0.4) is 0 Å². The number of aromatic nitrogens is 1. The predicted octanol–water partition coefficient (Wildman–Crippen LogP) is 2.47. The molecule has 1 heterocycles. The van der Waals surface area contributed by atoms with E-state index in [0.717, 1.165) is 6.08 Å². The van der Waals surface area contributed by atoms with E-state index in [9.17, 15) is 9.18 Å². The smallest absolute Gasteiger partial charge is 0.328 e. The summed E-state index contributed by atoms with van der Waals surface area (Å²) in [5.74, 6) is -1.49. The van der Waals surface area contributed by atoms with Crippen molar-refractivity contribution in [1.29, 1.82) is 0 Å². The van der Waals surface area contributed by atoms with Crippen molar-refractivity contribution in [2.75, 3.05) is 0 Å². The van der Waals surface area contributed by atoms with Crippen LogP contribution in [-0.2, 0) is 4.79 Å². The van der Waals surface area contributed by atoms with E-state index in [0.29, 0.717) is 16.5 Å². The fourth-order valence-electron chi connectivity index (χ4n) is 1.49. The van der Waals surface area contributed by atoms with Crippen LogP contribution in [0, 0.1) is 5.82 Å². The third kappa shape index (κ3) is 1.91. The summed E-state index contributed by atoms with van der Waals surface area (Å²) in [6.07, 6.45) is 3.74. The zero-order valence-electron chi connectivity index (χ0n) is 8.22. The highest BCUT2D eigenvalue weighted by molar-refractivity contribution is 5.93. The molecule has 4 heteroatoms. The number of fused-ring (bicyclic) bond motifs is 1. The molecule has 0 aliphatic heterocycles. The van der Waals surface area contributed by atoms with Gasteiger partial charge < -0.3 is 5.11 Å². The van der Waals surface area contributed by atoms with Crippen LogP contribution in [0.25, 0.3) is 16.8 Å². The van der Waals surface area contributed by atoms with Crippen LogP contribution in [0.4, 0.5) is 4.39 Å². The maximum Gasteiger partial charge on any atom is 0.328 e. The third-order valence-electron chi connectivity index (χ3n) is 2.15. The second-order valence-electron chi connectivity index (χ2n) is 3.21. The van der Waals surface area contributed by atoms with Crippen molar-refractivity contribution >= 4 is 22.8 Å². The van der Waals surface area contributed by atoms with E-state index in [1.807, 2.05) is 0 Å². The Morgan fingerprint density at radius 1 is 1.38 bits per heavy atom. The summed E-state index contributed by atoms with van der Waals surface area (Å²) in [4.78, 5) is 14.3. The Bertz CT molecular complexity index is 573. The Morgan fingerprint density at radius 3 is 2.94 bits per heavy atom. The van der Waals surface area contributed by atoms with Gasteiger partial charge in [-0.15, -0.1) is 0 Å². The van der Waals surface area contributed by atoms with E-state index in [1.165, 1.54) is 18.3 Å². The van der Waals surface area contributed by atoms with Crippen LogP contribution in [-0.4, -0.2) is 16.1 Å². The van der Waals surface area contributed by atoms with Crippen LogP contribution >= 0.6 is 0 Å². The summed E-state index contributed by atoms with van der Waals surface area (Å²) >= 11 is 0. The lowest BCUT2D eigenvalue weighted by Gasteiger charge is -2.01. The highest BCUT2D eigenvalue weighted by atomic mass is 19.1. The molecule has 0 aliphatic carbocycles. The maximum absolute atomic E-state index is 13.5. The first-order chi connectivity index (χ1) is 7.68. The number of rotatable bonds is 2. The molecule has 0 radical (unpaired) electrons. The van der Waals surface area contributed by atoms with Gasteiger partial charge in [-0.1, -0.05) is 12.1 Å². The topological polar surface area (TPSA) is 50.2 Å². The van der Waals surface area contributed by atoms with Crippen molar-refractivity contribution in [1.82, 2.24) is 4.98 Å². The Hall–Kier alpha value is -2.23. The van der Waals surface area contributed by atoms with Gasteiger partial charge in [0.2, 0.25) is 0 Å². The Balaban J connectivity index is 2.65. The van der Waals surface area contributed by atoms with Crippen LogP contribution in [0.1, 0.15) is 5.69 Å². The summed E-state index contributed by atoms with van der Waals surface area (Å²) in [6, 6.07) is 6.35. The quantitative estimate of drug-likeness (QED) is 0.786. The SMILES string of the molecule is O=C(O)/C=C/c1nccc2cccc(F)c12. The Morgan fingerprint density at radius 2 is 2.19 bits per heavy atom. The number of aliphatic carboxylic acids is 1. The van der Waals surface area contributed by atoms with Crippen molar-refractivity contribution in [3.63, 3.8) is 0 Å². The van der Waals surface area contributed by atoms with Crippen LogP contribution in [0.15, 0.2) is 36.5 Å². The second-order valence-corrected chi connectivity index (χ2v) is 3.21. The third-order valence-corrected chi connectivity index (χ3v) is 2.15. The lowest BCUT2D eigenvalue weighted by Crippen LogP contribution is -1.90. The highest BCUT2D eigenvalue weighted by Crippen LogP contribution is 2.20. The monoisotopic (exact) mass is 217 g/mol. The van der Waals surface area contributed by atoms with Crippen LogP contribution < -0.4 is 0 Å². The molecule has 0 saturated heterocycles. The van der Waals surface area contributed by atoms with Gasteiger partial charge in [-0.3, -0.25) is 4.98 Å². The number of carbonyl (C=O) groups is 1. The van der Waals surface area contributed by atoms with E-state index < -0.39 is 11.8 Å². The molecule has 0 aliphatic rings. The highest BCUT2D eigenvalue weighted by Gasteiger charge is 2.04. The number of halogens is 1. The van der Waals surface area contributed by atoms with Gasteiger partial charge in [-0.05, 0) is 23.6 Å². The van der Waals surface area contributed by atoms with Gasteiger partial charge in [-0.25, -0.2) is 9.18 Å². The molecule has 0 unspecified atom stereocenters. The van der Waals surface area contributed by atoms with Gasteiger partial charge in [0.1, 0.15) is 5.82 Å². The summed E-state index contributed by atoms with van der Waals surface area (Å²) < 4.78 is 13.5. The average Bonchev–Trinajstić information content (AvgIpc) is 2.26. The molecule has 16 heavy (non-hydrogen) atoms. The summed E-state index contributed by atoms with van der Waals surface area (Å²) in [5, 5.41) is 9.54. The van der Waals surface area contributed by atoms with Gasteiger partial charge in [0.15, 0.2) is 0 Å². The standard InChI is InChI=1S/C12H8FNO2/c13-9-3-1-2-8-6-7-14-10(12(8)9)4-5-11(15)16/h1-7H,(H,15,16)/b5-4+. The lowest BCUT2D eigenvalue weighted by atomic mass is 10.1. The molecule has 80 valence electrons. The minimum Gasteiger partial charge on any atom is -0.478 e. The molecule has 2 rings (SSSR count). The number of hydrogen-bond donors (Lipinski definition) is 1. The number of carboxylic acids is 1. The van der Waals surface area contributed by atoms with Gasteiger partial charge in [0, 0.05) is 17.7 Å². The van der Waals surface area contributed by atoms with Gasteiger partial charge >= 0.3 is 5.97 Å². The van der Waals surface area contributed by atoms with Crippen LogP contribution in [0.2, 0.25) is 0 Å². The fraction of sp³-hybridized carbons (Fsp3) is 0. The second kappa shape index (κ2) is 4.10. The molecule has 0 bridgehead atoms. The molecule has 0 atom stereocenters. The van der Waals surface area contributed by atoms with E-state index in [2.05, 4.69) is 4.98 Å². The van der Waals surface area contributed by atoms with Crippen LogP contribution in [0.5, 0.6) is 0 Å². The van der Waals surface area contributed by atoms with E-state index in [1.54, 1.807) is 18.2 Å². The predicted molar refractivity (Wildman–Crippen MR) is 58.4 cm³/mol. The lowest BCUT2D eigenvalue weighted by molar-refractivity contribution is -0.131. The van der Waals surface area contributed by atoms with Crippen molar-refractivity contribution in [3.8, 4) is 0 Å². The molecule has 0 spiro atoms. The van der Waals surface area contributed by atoms with E-state index in [4.69, 9.17) is 5.11 Å². The maximum atomic E-state index is 13.5. The number of pyridine rings is 1. The van der Waals surface area contributed by atoms with Crippen molar-refractivity contribution < 1.29 is 14.3 Å². The Kier molecular flexibility index (Phi) is 2.64. The largest absolute Gasteiger partial charge is 0.478 e. The van der Waals surface area contributed by atoms with Gasteiger partial charge in [0.25, 0.3) is 0 Å². The zero-order chi connectivity index (χ0) is 11.5. The van der Waals surface area contributed by atoms with Crippen molar-refractivity contribution in [3.05, 3.63) is 48.0 Å². The van der Waals surface area contributed by atoms with Crippen molar-refractivity contribution in [2.45, 2.75) is 0 Å². The minimum absolute atomic E-state index is 0.318. The average molecular weight is 217 g/mol. The van der Waals surface area contributed by atoms with Gasteiger partial charge in [0.05, 0.1) is 5.69 Å². The molecule has 0 amide bonds. The Labute approximate surface area is 90.9 Å². The first-order valence-electron chi connectivity index (χ1n) is 4.63. The fourth-order valence-corrected chi connectivity index (χ4v) is 1.49. The molecule has 0 fully saturated rings.